The number of nitrogens with one attached hydrogen (secondary N) is 1. The zero-order valence-corrected chi connectivity index (χ0v) is 11.8. The molecule has 1 aromatic heterocycles. The smallest absolute Gasteiger partial charge is 0.234 e. The highest BCUT2D eigenvalue weighted by molar-refractivity contribution is 9.10. The van der Waals surface area contributed by atoms with Crippen LogP contribution in [-0.4, -0.2) is 24.1 Å². The maximum absolute atomic E-state index is 11.7. The third-order valence-corrected chi connectivity index (χ3v) is 3.68. The predicted molar refractivity (Wildman–Crippen MR) is 66.6 cm³/mol. The van der Waals surface area contributed by atoms with Gasteiger partial charge < -0.3 is 0 Å². The topological polar surface area (TPSA) is 72.0 Å². The van der Waals surface area contributed by atoms with Crippen LogP contribution in [0.5, 0.6) is 0 Å². The van der Waals surface area contributed by atoms with Crippen LogP contribution in [0.25, 0.3) is 0 Å². The second-order valence-electron chi connectivity index (χ2n) is 4.65. The Morgan fingerprint density at radius 1 is 1.31 bits per heavy atom. The Morgan fingerprint density at radius 3 is 2.38 bits per heavy atom. The Hall–Kier alpha value is -0.690. The Labute approximate surface area is 104 Å². The highest BCUT2D eigenvalue weighted by Gasteiger charge is 2.21. The van der Waals surface area contributed by atoms with Gasteiger partial charge in [0.05, 0.1) is 18.1 Å². The predicted octanol–water partition coefficient (Wildman–Crippen LogP) is 2.03. The highest BCUT2D eigenvalue weighted by Crippen LogP contribution is 2.17. The fourth-order valence-corrected chi connectivity index (χ4v) is 2.97. The number of hydrogen-bond donors (Lipinski definition) is 1. The molecule has 1 aromatic rings. The summed E-state index contributed by atoms with van der Waals surface area (Å²) in [5.41, 5.74) is -0.297. The first-order valence-electron chi connectivity index (χ1n) is 4.66. The summed E-state index contributed by atoms with van der Waals surface area (Å²) in [7, 11) is -3.37. The van der Waals surface area contributed by atoms with Gasteiger partial charge in [0.1, 0.15) is 4.60 Å². The van der Waals surface area contributed by atoms with Gasteiger partial charge in [0.2, 0.25) is 10.0 Å². The molecule has 5 nitrogen and oxygen atoms in total. The average molecular weight is 308 g/mol. The van der Waals surface area contributed by atoms with Gasteiger partial charge in [0.15, 0.2) is 5.82 Å². The van der Waals surface area contributed by atoms with E-state index in [-0.39, 0.29) is 17.0 Å². The van der Waals surface area contributed by atoms with Crippen molar-refractivity contribution in [3.63, 3.8) is 0 Å². The van der Waals surface area contributed by atoms with E-state index in [1.165, 1.54) is 12.4 Å². The summed E-state index contributed by atoms with van der Waals surface area (Å²) in [6, 6.07) is 0. The highest BCUT2D eigenvalue weighted by atomic mass is 79.9. The number of hydrogen-bond acceptors (Lipinski definition) is 4. The SMILES string of the molecule is CC(C)(C)CS(=O)(=O)Nc1cnc(Br)cn1. The van der Waals surface area contributed by atoms with E-state index in [1.54, 1.807) is 0 Å². The summed E-state index contributed by atoms with van der Waals surface area (Å²) in [4.78, 5) is 7.78. The Kier molecular flexibility index (Phi) is 3.90. The molecule has 1 heterocycles. The Bertz CT molecular complexity index is 451. The van der Waals surface area contributed by atoms with E-state index in [4.69, 9.17) is 0 Å². The molecule has 0 unspecified atom stereocenters. The number of aromatic nitrogens is 2. The van der Waals surface area contributed by atoms with Crippen molar-refractivity contribution in [3.8, 4) is 0 Å². The third-order valence-electron chi connectivity index (χ3n) is 1.50. The monoisotopic (exact) mass is 307 g/mol. The van der Waals surface area contributed by atoms with E-state index in [1.807, 2.05) is 20.8 Å². The van der Waals surface area contributed by atoms with Crippen molar-refractivity contribution in [1.29, 1.82) is 0 Å². The van der Waals surface area contributed by atoms with Crippen LogP contribution in [0.2, 0.25) is 0 Å². The molecular formula is C9H14BrN3O2S. The van der Waals surface area contributed by atoms with Crippen LogP contribution in [0, 0.1) is 5.41 Å². The van der Waals surface area contributed by atoms with Crippen LogP contribution in [0.3, 0.4) is 0 Å². The number of anilines is 1. The van der Waals surface area contributed by atoms with Crippen LogP contribution >= 0.6 is 15.9 Å². The van der Waals surface area contributed by atoms with Crippen LogP contribution in [0.1, 0.15) is 20.8 Å². The van der Waals surface area contributed by atoms with E-state index in [2.05, 4.69) is 30.6 Å². The van der Waals surface area contributed by atoms with E-state index >= 15 is 0 Å². The fraction of sp³-hybridized carbons (Fsp3) is 0.556. The minimum absolute atomic E-state index is 0.0394. The second kappa shape index (κ2) is 4.67. The molecule has 16 heavy (non-hydrogen) atoms. The maximum Gasteiger partial charge on any atom is 0.234 e. The summed E-state index contributed by atoms with van der Waals surface area (Å²) < 4.78 is 26.4. The van der Waals surface area contributed by atoms with Crippen molar-refractivity contribution in [1.82, 2.24) is 9.97 Å². The van der Waals surface area contributed by atoms with Crippen molar-refractivity contribution in [3.05, 3.63) is 17.0 Å². The van der Waals surface area contributed by atoms with Gasteiger partial charge in [-0.3, -0.25) is 4.72 Å². The summed E-state index contributed by atoms with van der Waals surface area (Å²) >= 11 is 3.12. The molecule has 0 atom stereocenters. The lowest BCUT2D eigenvalue weighted by Crippen LogP contribution is -2.26. The first-order valence-corrected chi connectivity index (χ1v) is 7.10. The van der Waals surface area contributed by atoms with E-state index in [0.29, 0.717) is 4.60 Å². The molecule has 0 spiro atoms. The summed E-state index contributed by atoms with van der Waals surface area (Å²) in [5, 5.41) is 0. The average Bonchev–Trinajstić information content (AvgIpc) is 2.04. The van der Waals surface area contributed by atoms with E-state index in [0.717, 1.165) is 0 Å². The molecule has 0 aliphatic carbocycles. The van der Waals surface area contributed by atoms with Crippen LogP contribution in [-0.2, 0) is 10.0 Å². The second-order valence-corrected chi connectivity index (χ2v) is 7.18. The first kappa shape index (κ1) is 13.4. The number of nitrogens with zero attached hydrogens (tertiary/aromatic N) is 2. The van der Waals surface area contributed by atoms with Crippen molar-refractivity contribution < 1.29 is 8.42 Å². The van der Waals surface area contributed by atoms with Crippen molar-refractivity contribution in [2.45, 2.75) is 20.8 Å². The largest absolute Gasteiger partial charge is 0.266 e. The van der Waals surface area contributed by atoms with Crippen molar-refractivity contribution >= 4 is 31.8 Å². The molecular weight excluding hydrogens is 294 g/mol. The normalized spacial score (nSPS) is 12.5. The lowest BCUT2D eigenvalue weighted by molar-refractivity contribution is 0.463. The molecule has 0 radical (unpaired) electrons. The Morgan fingerprint density at radius 2 is 1.94 bits per heavy atom. The molecule has 0 aliphatic heterocycles. The molecule has 90 valence electrons. The molecule has 0 saturated heterocycles. The quantitative estimate of drug-likeness (QED) is 0.927. The van der Waals surface area contributed by atoms with Gasteiger partial charge in [-0.15, -0.1) is 0 Å². The number of halogens is 1. The number of rotatable bonds is 3. The first-order chi connectivity index (χ1) is 7.18. The number of sulfonamides is 1. The summed E-state index contributed by atoms with van der Waals surface area (Å²) in [5.74, 6) is 0.269. The van der Waals surface area contributed by atoms with Crippen molar-refractivity contribution in [2.24, 2.45) is 5.41 Å². The Balaban J connectivity index is 2.77. The molecule has 0 bridgehead atoms. The summed E-state index contributed by atoms with van der Waals surface area (Å²) in [6.45, 7) is 5.58. The molecule has 0 aliphatic rings. The van der Waals surface area contributed by atoms with Gasteiger partial charge >= 0.3 is 0 Å². The van der Waals surface area contributed by atoms with E-state index in [9.17, 15) is 8.42 Å². The van der Waals surface area contributed by atoms with Gasteiger partial charge in [-0.1, -0.05) is 20.8 Å². The van der Waals surface area contributed by atoms with Gasteiger partial charge in [0, 0.05) is 0 Å². The zero-order chi connectivity index (χ0) is 12.4. The van der Waals surface area contributed by atoms with Crippen LogP contribution in [0.15, 0.2) is 17.0 Å². The summed E-state index contributed by atoms with van der Waals surface area (Å²) in [6.07, 6.45) is 2.80. The molecule has 0 fully saturated rings. The van der Waals surface area contributed by atoms with Gasteiger partial charge in [-0.25, -0.2) is 18.4 Å². The standard InChI is InChI=1S/C9H14BrN3O2S/c1-9(2,3)6-16(14,15)13-8-5-11-7(10)4-12-8/h4-5H,6H2,1-3H3,(H,12,13). The van der Waals surface area contributed by atoms with Crippen LogP contribution in [0.4, 0.5) is 5.82 Å². The van der Waals surface area contributed by atoms with Gasteiger partial charge in [0.25, 0.3) is 0 Å². The molecule has 0 saturated carbocycles. The fourth-order valence-electron chi connectivity index (χ4n) is 1.13. The van der Waals surface area contributed by atoms with Gasteiger partial charge in [-0.05, 0) is 21.3 Å². The van der Waals surface area contributed by atoms with Crippen LogP contribution < -0.4 is 4.72 Å². The molecule has 0 amide bonds. The third kappa shape index (κ3) is 4.89. The van der Waals surface area contributed by atoms with Gasteiger partial charge in [-0.2, -0.15) is 0 Å². The van der Waals surface area contributed by atoms with Crippen molar-refractivity contribution in [2.75, 3.05) is 10.5 Å². The molecule has 1 rings (SSSR count). The minimum atomic E-state index is -3.37. The minimum Gasteiger partial charge on any atom is -0.266 e. The molecule has 0 aromatic carbocycles. The molecule has 7 heteroatoms. The lowest BCUT2D eigenvalue weighted by Gasteiger charge is -2.18. The maximum atomic E-state index is 11.7. The molecule has 1 N–H and O–H groups in total. The lowest BCUT2D eigenvalue weighted by atomic mass is 10.0. The van der Waals surface area contributed by atoms with E-state index < -0.39 is 10.0 Å². The zero-order valence-electron chi connectivity index (χ0n) is 9.36.